The Balaban J connectivity index is 1.44. The fourth-order valence-corrected chi connectivity index (χ4v) is 4.61. The monoisotopic (exact) mass is 476 g/mol. The lowest BCUT2D eigenvalue weighted by atomic mass is 9.94. The van der Waals surface area contributed by atoms with E-state index < -0.39 is 11.8 Å². The van der Waals surface area contributed by atoms with Gasteiger partial charge in [0.05, 0.1) is 19.8 Å². The number of nitrogens with one attached hydrogen (secondary N) is 1. The zero-order valence-corrected chi connectivity index (χ0v) is 20.4. The quantitative estimate of drug-likeness (QED) is 0.348. The molecule has 2 aliphatic heterocycles. The minimum Gasteiger partial charge on any atom is -0.494 e. The van der Waals surface area contributed by atoms with Crippen LogP contribution in [0.15, 0.2) is 24.3 Å². The highest BCUT2D eigenvalue weighted by Crippen LogP contribution is 2.20. The highest BCUT2D eigenvalue weighted by molar-refractivity contribution is 5.85. The van der Waals surface area contributed by atoms with E-state index in [4.69, 9.17) is 14.7 Å². The molecule has 0 aromatic heterocycles. The van der Waals surface area contributed by atoms with Gasteiger partial charge in [0.1, 0.15) is 5.75 Å². The van der Waals surface area contributed by atoms with Gasteiger partial charge < -0.3 is 14.4 Å². The number of amides is 2. The number of carbonyl (C=O) groups excluding carboxylic acids is 2. The average molecular weight is 477 g/mol. The highest BCUT2D eigenvalue weighted by Gasteiger charge is 2.29. The molecule has 2 amide bonds. The van der Waals surface area contributed by atoms with Gasteiger partial charge in [0, 0.05) is 64.7 Å². The number of hydroxylamine groups is 1. The Morgan fingerprint density at radius 2 is 1.68 bits per heavy atom. The van der Waals surface area contributed by atoms with E-state index in [1.165, 1.54) is 5.56 Å². The van der Waals surface area contributed by atoms with Crippen molar-refractivity contribution in [2.45, 2.75) is 32.6 Å². The molecule has 1 aromatic rings. The lowest BCUT2D eigenvalue weighted by Crippen LogP contribution is -2.52. The maximum atomic E-state index is 13.2. The fourth-order valence-electron chi connectivity index (χ4n) is 4.61. The molecule has 0 aliphatic carbocycles. The summed E-state index contributed by atoms with van der Waals surface area (Å²) in [7, 11) is 0. The van der Waals surface area contributed by atoms with Crippen LogP contribution >= 0.6 is 0 Å². The summed E-state index contributed by atoms with van der Waals surface area (Å²) < 4.78 is 10.9. The molecule has 1 aromatic carbocycles. The molecule has 2 fully saturated rings. The van der Waals surface area contributed by atoms with E-state index in [1.54, 1.807) is 5.48 Å². The molecule has 1 atom stereocenters. The zero-order chi connectivity index (χ0) is 24.2. The molecular weight excluding hydrogens is 436 g/mol. The number of benzene rings is 1. The highest BCUT2D eigenvalue weighted by atomic mass is 16.5. The van der Waals surface area contributed by atoms with Crippen molar-refractivity contribution >= 4 is 11.8 Å². The third-order valence-corrected chi connectivity index (χ3v) is 6.68. The van der Waals surface area contributed by atoms with E-state index in [-0.39, 0.29) is 12.3 Å². The summed E-state index contributed by atoms with van der Waals surface area (Å²) in [6, 6.07) is 8.00. The second-order valence-corrected chi connectivity index (χ2v) is 9.03. The van der Waals surface area contributed by atoms with E-state index in [1.807, 2.05) is 36.1 Å². The molecule has 2 saturated heterocycles. The summed E-state index contributed by atoms with van der Waals surface area (Å²) in [5, 5.41) is 9.00. The number of ether oxygens (including phenoxy) is 2. The van der Waals surface area contributed by atoms with Crippen LogP contribution in [0.5, 0.6) is 5.75 Å². The van der Waals surface area contributed by atoms with E-state index in [2.05, 4.69) is 9.80 Å². The minimum absolute atomic E-state index is 0.00978. The van der Waals surface area contributed by atoms with E-state index >= 15 is 0 Å². The Labute approximate surface area is 202 Å². The smallest absolute Gasteiger partial charge is 0.244 e. The van der Waals surface area contributed by atoms with Crippen molar-refractivity contribution in [1.82, 2.24) is 20.2 Å². The normalized spacial score (nSPS) is 18.5. The predicted octanol–water partition coefficient (Wildman–Crippen LogP) is 1.40. The minimum atomic E-state index is -0.511. The Bertz CT molecular complexity index is 746. The Kier molecular flexibility index (Phi) is 11.1. The van der Waals surface area contributed by atoms with E-state index in [9.17, 15) is 9.59 Å². The maximum Gasteiger partial charge on any atom is 0.244 e. The predicted molar refractivity (Wildman–Crippen MR) is 129 cm³/mol. The lowest BCUT2D eigenvalue weighted by Gasteiger charge is -2.37. The van der Waals surface area contributed by atoms with Gasteiger partial charge in [-0.25, -0.2) is 5.48 Å². The molecule has 0 spiro atoms. The summed E-state index contributed by atoms with van der Waals surface area (Å²) in [5.74, 6) is -0.0653. The first-order valence-electron chi connectivity index (χ1n) is 12.5. The third-order valence-electron chi connectivity index (χ3n) is 6.68. The summed E-state index contributed by atoms with van der Waals surface area (Å²) >= 11 is 0. The molecule has 9 heteroatoms. The van der Waals surface area contributed by atoms with Gasteiger partial charge in [-0.05, 0) is 43.9 Å². The first-order chi connectivity index (χ1) is 16.6. The summed E-state index contributed by atoms with van der Waals surface area (Å²) in [6.45, 7) is 11.3. The Morgan fingerprint density at radius 3 is 2.29 bits per heavy atom. The molecule has 0 radical (unpaired) electrons. The SMILES string of the molecule is CCOc1ccc(CCC[C@H](CC(=O)NO)C(=O)N2CCN(CCN3CCOCC3)CC2)cc1. The largest absolute Gasteiger partial charge is 0.494 e. The number of hydrogen-bond acceptors (Lipinski definition) is 7. The van der Waals surface area contributed by atoms with Gasteiger partial charge in [-0.2, -0.15) is 0 Å². The molecule has 2 aliphatic rings. The van der Waals surface area contributed by atoms with Crippen molar-refractivity contribution in [2.75, 3.05) is 72.2 Å². The van der Waals surface area contributed by atoms with Crippen molar-refractivity contribution in [2.24, 2.45) is 5.92 Å². The van der Waals surface area contributed by atoms with Crippen molar-refractivity contribution in [3.8, 4) is 5.75 Å². The number of morpholine rings is 1. The maximum absolute atomic E-state index is 13.2. The molecule has 0 unspecified atom stereocenters. The molecule has 190 valence electrons. The summed E-state index contributed by atoms with van der Waals surface area (Å²) in [5.41, 5.74) is 2.87. The molecule has 2 N–H and O–H groups in total. The van der Waals surface area contributed by atoms with Gasteiger partial charge in [-0.15, -0.1) is 0 Å². The van der Waals surface area contributed by atoms with Gasteiger partial charge in [0.25, 0.3) is 0 Å². The molecule has 9 nitrogen and oxygen atoms in total. The molecule has 0 saturated carbocycles. The summed E-state index contributed by atoms with van der Waals surface area (Å²) in [6.07, 6.45) is 2.24. The molecule has 0 bridgehead atoms. The third kappa shape index (κ3) is 8.54. The van der Waals surface area contributed by atoms with Crippen LogP contribution in [0.2, 0.25) is 0 Å². The lowest BCUT2D eigenvalue weighted by molar-refractivity contribution is -0.142. The number of carbonyl (C=O) groups is 2. The van der Waals surface area contributed by atoms with Gasteiger partial charge in [-0.3, -0.25) is 24.6 Å². The van der Waals surface area contributed by atoms with Crippen LogP contribution in [0.25, 0.3) is 0 Å². The van der Waals surface area contributed by atoms with Crippen LogP contribution in [-0.4, -0.2) is 104 Å². The molecule has 3 rings (SSSR count). The molecule has 2 heterocycles. The van der Waals surface area contributed by atoms with Crippen LogP contribution in [0, 0.1) is 5.92 Å². The standard InChI is InChI=1S/C25H40N4O5/c1-2-34-23-8-6-21(7-9-23)4-3-5-22(20-24(30)26-32)25(31)29-14-12-27(13-15-29)10-11-28-16-18-33-19-17-28/h6-9,22,32H,2-5,10-20H2,1H3,(H,26,30)/t22-/m1/s1. The zero-order valence-electron chi connectivity index (χ0n) is 20.4. The number of nitrogens with zero attached hydrogens (tertiary/aromatic N) is 3. The molecular formula is C25H40N4O5. The second-order valence-electron chi connectivity index (χ2n) is 9.03. The Morgan fingerprint density at radius 1 is 1.03 bits per heavy atom. The number of piperazine rings is 1. The van der Waals surface area contributed by atoms with Gasteiger partial charge in [-0.1, -0.05) is 12.1 Å². The number of aryl methyl sites for hydroxylation is 1. The van der Waals surface area contributed by atoms with Crippen LogP contribution in [0.1, 0.15) is 31.7 Å². The first kappa shape index (κ1) is 26.4. The van der Waals surface area contributed by atoms with Crippen molar-refractivity contribution in [1.29, 1.82) is 0 Å². The van der Waals surface area contributed by atoms with Gasteiger partial charge in [0.2, 0.25) is 11.8 Å². The van der Waals surface area contributed by atoms with Crippen LogP contribution in [0.3, 0.4) is 0 Å². The van der Waals surface area contributed by atoms with Crippen LogP contribution < -0.4 is 10.2 Å². The van der Waals surface area contributed by atoms with Crippen molar-refractivity contribution < 1.29 is 24.3 Å². The second kappa shape index (κ2) is 14.3. The number of rotatable bonds is 12. The topological polar surface area (TPSA) is 94.6 Å². The fraction of sp³-hybridized carbons (Fsp3) is 0.680. The van der Waals surface area contributed by atoms with E-state index in [0.717, 1.165) is 71.1 Å². The van der Waals surface area contributed by atoms with Gasteiger partial charge in [0.15, 0.2) is 0 Å². The van der Waals surface area contributed by atoms with Crippen molar-refractivity contribution in [3.63, 3.8) is 0 Å². The first-order valence-corrected chi connectivity index (χ1v) is 12.5. The van der Waals surface area contributed by atoms with E-state index in [0.29, 0.717) is 26.1 Å². The van der Waals surface area contributed by atoms with Crippen LogP contribution in [0.4, 0.5) is 0 Å². The average Bonchev–Trinajstić information content (AvgIpc) is 2.88. The molecule has 34 heavy (non-hydrogen) atoms. The number of hydrogen-bond donors (Lipinski definition) is 2. The van der Waals surface area contributed by atoms with Crippen LogP contribution in [-0.2, 0) is 20.7 Å². The Hall–Kier alpha value is -2.20. The van der Waals surface area contributed by atoms with Gasteiger partial charge >= 0.3 is 0 Å². The van der Waals surface area contributed by atoms with Crippen molar-refractivity contribution in [3.05, 3.63) is 29.8 Å². The summed E-state index contributed by atoms with van der Waals surface area (Å²) in [4.78, 5) is 31.8.